The van der Waals surface area contributed by atoms with Gasteiger partial charge in [0.15, 0.2) is 0 Å². The Morgan fingerprint density at radius 2 is 2.21 bits per heavy atom. The lowest BCUT2D eigenvalue weighted by atomic mass is 9.96. The van der Waals surface area contributed by atoms with Crippen molar-refractivity contribution in [2.45, 2.75) is 13.0 Å². The Bertz CT molecular complexity index is 514. The third-order valence-corrected chi connectivity index (χ3v) is 3.88. The number of carbonyl (C=O) groups is 1. The summed E-state index contributed by atoms with van der Waals surface area (Å²) in [6.07, 6.45) is 0.206. The van der Waals surface area contributed by atoms with Crippen LogP contribution in [0.2, 0.25) is 0 Å². The van der Waals surface area contributed by atoms with E-state index < -0.39 is 10.9 Å². The number of benzene rings is 1. The first kappa shape index (κ1) is 14.0. The summed E-state index contributed by atoms with van der Waals surface area (Å²) in [5, 5.41) is 19.3. The van der Waals surface area contributed by atoms with E-state index in [0.717, 1.165) is 18.7 Å². The maximum absolute atomic E-state index is 10.6. The van der Waals surface area contributed by atoms with Gasteiger partial charge in [0.05, 0.1) is 11.3 Å². The summed E-state index contributed by atoms with van der Waals surface area (Å²) in [7, 11) is 0. The minimum Gasteiger partial charge on any atom is -0.481 e. The number of nitrogens with zero attached hydrogens (tertiary/aromatic N) is 2. The molecule has 1 fully saturated rings. The van der Waals surface area contributed by atoms with Crippen molar-refractivity contribution in [3.05, 3.63) is 38.3 Å². The first-order chi connectivity index (χ1) is 8.95. The van der Waals surface area contributed by atoms with Crippen LogP contribution in [0, 0.1) is 16.0 Å². The van der Waals surface area contributed by atoms with Crippen LogP contribution in [0.15, 0.2) is 22.7 Å². The monoisotopic (exact) mass is 328 g/mol. The molecule has 102 valence electrons. The average Bonchev–Trinajstić information content (AvgIpc) is 2.27. The van der Waals surface area contributed by atoms with E-state index in [0.29, 0.717) is 11.0 Å². The molecule has 0 bridgehead atoms. The normalized spacial score (nSPS) is 16.1. The summed E-state index contributed by atoms with van der Waals surface area (Å²) < 4.78 is 0.711. The molecule has 1 aromatic carbocycles. The number of aliphatic carboxylic acids is 1. The van der Waals surface area contributed by atoms with Gasteiger partial charge in [-0.25, -0.2) is 0 Å². The molecule has 0 aromatic heterocycles. The van der Waals surface area contributed by atoms with E-state index in [2.05, 4.69) is 20.8 Å². The minimum absolute atomic E-state index is 0.0583. The molecule has 0 spiro atoms. The van der Waals surface area contributed by atoms with Crippen molar-refractivity contribution in [2.75, 3.05) is 13.1 Å². The predicted octanol–water partition coefficient (Wildman–Crippen LogP) is 2.26. The van der Waals surface area contributed by atoms with Crippen LogP contribution >= 0.6 is 15.9 Å². The summed E-state index contributed by atoms with van der Waals surface area (Å²) in [5.74, 6) is -0.546. The van der Waals surface area contributed by atoms with Gasteiger partial charge in [-0.2, -0.15) is 0 Å². The topological polar surface area (TPSA) is 83.7 Å². The lowest BCUT2D eigenvalue weighted by molar-refractivity contribution is -0.384. The standard InChI is InChI=1S/C12H13BrN2O4/c13-11-4-10(15(18)19)2-1-9(11)7-14-5-8(6-14)3-12(16)17/h1-2,4,8H,3,5-7H2,(H,16,17). The largest absolute Gasteiger partial charge is 0.481 e. The molecule has 1 aliphatic heterocycles. The number of hydrogen-bond donors (Lipinski definition) is 1. The van der Waals surface area contributed by atoms with E-state index in [1.807, 2.05) is 0 Å². The van der Waals surface area contributed by atoms with Gasteiger partial charge in [-0.15, -0.1) is 0 Å². The molecule has 0 atom stereocenters. The van der Waals surface area contributed by atoms with Gasteiger partial charge in [0.1, 0.15) is 0 Å². The smallest absolute Gasteiger partial charge is 0.303 e. The van der Waals surface area contributed by atoms with Crippen molar-refractivity contribution < 1.29 is 14.8 Å². The molecule has 1 N–H and O–H groups in total. The van der Waals surface area contributed by atoms with E-state index in [1.165, 1.54) is 12.1 Å². The molecule has 0 saturated carbocycles. The van der Waals surface area contributed by atoms with Crippen molar-refractivity contribution >= 4 is 27.6 Å². The van der Waals surface area contributed by atoms with Gasteiger partial charge in [0, 0.05) is 36.2 Å². The van der Waals surface area contributed by atoms with E-state index in [1.54, 1.807) is 6.07 Å². The Hall–Kier alpha value is -1.47. The lowest BCUT2D eigenvalue weighted by Crippen LogP contribution is -2.46. The second-order valence-electron chi connectivity index (χ2n) is 4.69. The van der Waals surface area contributed by atoms with Crippen LogP contribution in [-0.2, 0) is 11.3 Å². The Morgan fingerprint density at radius 1 is 1.53 bits per heavy atom. The first-order valence-electron chi connectivity index (χ1n) is 5.82. The number of nitro groups is 1. The van der Waals surface area contributed by atoms with Crippen molar-refractivity contribution in [2.24, 2.45) is 5.92 Å². The number of rotatable bonds is 5. The van der Waals surface area contributed by atoms with Gasteiger partial charge in [-0.3, -0.25) is 19.8 Å². The number of non-ortho nitro benzene ring substituents is 1. The highest BCUT2D eigenvalue weighted by Crippen LogP contribution is 2.27. The molecule has 2 rings (SSSR count). The third-order valence-electron chi connectivity index (χ3n) is 3.14. The highest BCUT2D eigenvalue weighted by Gasteiger charge is 2.28. The SMILES string of the molecule is O=C(O)CC1CN(Cc2ccc([N+](=O)[O-])cc2Br)C1. The molecule has 19 heavy (non-hydrogen) atoms. The predicted molar refractivity (Wildman–Crippen MR) is 71.8 cm³/mol. The van der Waals surface area contributed by atoms with E-state index in [9.17, 15) is 14.9 Å². The summed E-state index contributed by atoms with van der Waals surface area (Å²) >= 11 is 3.33. The first-order valence-corrected chi connectivity index (χ1v) is 6.62. The molecule has 1 heterocycles. The second-order valence-corrected chi connectivity index (χ2v) is 5.55. The zero-order valence-electron chi connectivity index (χ0n) is 10.1. The summed E-state index contributed by atoms with van der Waals surface area (Å²) in [6, 6.07) is 4.70. The number of likely N-dealkylation sites (tertiary alicyclic amines) is 1. The van der Waals surface area contributed by atoms with Crippen LogP contribution in [0.3, 0.4) is 0 Å². The molecule has 0 radical (unpaired) electrons. The zero-order chi connectivity index (χ0) is 14.0. The quantitative estimate of drug-likeness (QED) is 0.662. The highest BCUT2D eigenvalue weighted by atomic mass is 79.9. The minimum atomic E-state index is -0.763. The molecular weight excluding hydrogens is 316 g/mol. The fourth-order valence-corrected chi connectivity index (χ4v) is 2.69. The number of halogens is 1. The van der Waals surface area contributed by atoms with Crippen LogP contribution in [0.5, 0.6) is 0 Å². The Morgan fingerprint density at radius 3 is 2.74 bits per heavy atom. The van der Waals surface area contributed by atoms with Gasteiger partial charge >= 0.3 is 5.97 Å². The molecule has 0 aliphatic carbocycles. The Balaban J connectivity index is 1.91. The van der Waals surface area contributed by atoms with Crippen LogP contribution in [-0.4, -0.2) is 34.0 Å². The van der Waals surface area contributed by atoms with E-state index in [4.69, 9.17) is 5.11 Å². The average molecular weight is 329 g/mol. The number of hydrogen-bond acceptors (Lipinski definition) is 4. The molecule has 0 unspecified atom stereocenters. The highest BCUT2D eigenvalue weighted by molar-refractivity contribution is 9.10. The molecule has 7 heteroatoms. The van der Waals surface area contributed by atoms with E-state index in [-0.39, 0.29) is 18.0 Å². The van der Waals surface area contributed by atoms with Crippen molar-refractivity contribution in [3.8, 4) is 0 Å². The van der Waals surface area contributed by atoms with Crippen LogP contribution < -0.4 is 0 Å². The Labute approximate surface area is 118 Å². The second kappa shape index (κ2) is 5.66. The molecule has 1 aromatic rings. The third kappa shape index (κ3) is 3.51. The van der Waals surface area contributed by atoms with Gasteiger partial charge in [0.25, 0.3) is 5.69 Å². The fraction of sp³-hybridized carbons (Fsp3) is 0.417. The summed E-state index contributed by atoms with van der Waals surface area (Å²) in [5.41, 5.74) is 1.03. The molecule has 1 aliphatic rings. The summed E-state index contributed by atoms with van der Waals surface area (Å²) in [6.45, 7) is 2.19. The van der Waals surface area contributed by atoms with Crippen LogP contribution in [0.25, 0.3) is 0 Å². The number of carboxylic acids is 1. The fourth-order valence-electron chi connectivity index (χ4n) is 2.20. The number of carboxylic acid groups (broad SMARTS) is 1. The van der Waals surface area contributed by atoms with Crippen molar-refractivity contribution in [1.82, 2.24) is 4.90 Å². The summed E-state index contributed by atoms with van der Waals surface area (Å²) in [4.78, 5) is 22.8. The molecule has 0 amide bonds. The molecule has 6 nitrogen and oxygen atoms in total. The Kier molecular flexibility index (Phi) is 4.16. The van der Waals surface area contributed by atoms with Gasteiger partial charge < -0.3 is 5.11 Å². The lowest BCUT2D eigenvalue weighted by Gasteiger charge is -2.38. The van der Waals surface area contributed by atoms with E-state index >= 15 is 0 Å². The molecular formula is C12H13BrN2O4. The van der Waals surface area contributed by atoms with Crippen LogP contribution in [0.1, 0.15) is 12.0 Å². The maximum atomic E-state index is 10.6. The molecule has 1 saturated heterocycles. The maximum Gasteiger partial charge on any atom is 0.303 e. The number of nitro benzene ring substituents is 1. The van der Waals surface area contributed by atoms with Crippen molar-refractivity contribution in [1.29, 1.82) is 0 Å². The van der Waals surface area contributed by atoms with Crippen LogP contribution in [0.4, 0.5) is 5.69 Å². The van der Waals surface area contributed by atoms with Gasteiger partial charge in [-0.05, 0) is 17.5 Å². The van der Waals surface area contributed by atoms with Crippen molar-refractivity contribution in [3.63, 3.8) is 0 Å². The zero-order valence-corrected chi connectivity index (χ0v) is 11.7. The van der Waals surface area contributed by atoms with Gasteiger partial charge in [0.2, 0.25) is 0 Å². The van der Waals surface area contributed by atoms with Gasteiger partial charge in [-0.1, -0.05) is 15.9 Å².